The van der Waals surface area contributed by atoms with E-state index in [2.05, 4.69) is 20.1 Å². The minimum Gasteiger partial charge on any atom is -0.397 e. The number of aromatic nitrogens is 4. The Bertz CT molecular complexity index is 663. The van der Waals surface area contributed by atoms with Crippen LogP contribution in [0.15, 0.2) is 47.4 Å². The Kier molecular flexibility index (Phi) is 2.89. The van der Waals surface area contributed by atoms with Crippen LogP contribution in [0.3, 0.4) is 0 Å². The molecule has 0 radical (unpaired) electrons. The van der Waals surface area contributed by atoms with Gasteiger partial charge in [0.05, 0.1) is 11.9 Å². The summed E-state index contributed by atoms with van der Waals surface area (Å²) < 4.78 is 5.18. The van der Waals surface area contributed by atoms with Gasteiger partial charge in [-0.05, 0) is 29.8 Å². The second-order valence-electron chi connectivity index (χ2n) is 4.02. The van der Waals surface area contributed by atoms with E-state index in [1.165, 1.54) is 0 Å². The lowest BCUT2D eigenvalue weighted by atomic mass is 10.2. The highest BCUT2D eigenvalue weighted by molar-refractivity contribution is 5.50. The van der Waals surface area contributed by atoms with E-state index in [1.807, 2.05) is 12.1 Å². The van der Waals surface area contributed by atoms with Crippen LogP contribution in [0, 0.1) is 0 Å². The van der Waals surface area contributed by atoms with Crippen molar-refractivity contribution >= 4 is 5.69 Å². The van der Waals surface area contributed by atoms with Gasteiger partial charge in [0.2, 0.25) is 0 Å². The summed E-state index contributed by atoms with van der Waals surface area (Å²) in [6.07, 6.45) is 5.62. The van der Waals surface area contributed by atoms with Gasteiger partial charge in [0.25, 0.3) is 5.89 Å². The van der Waals surface area contributed by atoms with Gasteiger partial charge >= 0.3 is 0 Å². The van der Waals surface area contributed by atoms with Gasteiger partial charge in [-0.3, -0.25) is 4.98 Å². The molecule has 94 valence electrons. The number of pyridine rings is 2. The lowest BCUT2D eigenvalue weighted by Gasteiger charge is -1.94. The highest BCUT2D eigenvalue weighted by atomic mass is 16.5. The third-order valence-electron chi connectivity index (χ3n) is 2.59. The van der Waals surface area contributed by atoms with E-state index in [0.29, 0.717) is 29.5 Å². The molecule has 3 aromatic heterocycles. The first kappa shape index (κ1) is 11.3. The molecule has 2 N–H and O–H groups in total. The van der Waals surface area contributed by atoms with Crippen molar-refractivity contribution in [2.45, 2.75) is 6.42 Å². The second kappa shape index (κ2) is 4.85. The first-order valence-corrected chi connectivity index (χ1v) is 5.74. The van der Waals surface area contributed by atoms with Gasteiger partial charge in [0.1, 0.15) is 5.69 Å². The van der Waals surface area contributed by atoms with Crippen molar-refractivity contribution in [1.29, 1.82) is 0 Å². The van der Waals surface area contributed by atoms with Crippen LogP contribution in [-0.4, -0.2) is 20.1 Å². The number of hydrogen-bond donors (Lipinski definition) is 1. The third kappa shape index (κ3) is 2.57. The topological polar surface area (TPSA) is 90.7 Å². The minimum atomic E-state index is 0.393. The molecule has 0 spiro atoms. The fourth-order valence-corrected chi connectivity index (χ4v) is 1.64. The molecule has 0 amide bonds. The zero-order chi connectivity index (χ0) is 13.1. The molecule has 3 aromatic rings. The number of nitrogens with two attached hydrogens (primary N) is 1. The molecule has 6 nitrogen and oxygen atoms in total. The van der Waals surface area contributed by atoms with E-state index in [4.69, 9.17) is 10.3 Å². The molecule has 0 fully saturated rings. The van der Waals surface area contributed by atoms with Crippen molar-refractivity contribution in [2.24, 2.45) is 0 Å². The molecule has 6 heteroatoms. The minimum absolute atomic E-state index is 0.393. The van der Waals surface area contributed by atoms with Crippen LogP contribution in [-0.2, 0) is 6.42 Å². The van der Waals surface area contributed by atoms with Crippen LogP contribution in [0.5, 0.6) is 0 Å². The maximum Gasteiger partial charge on any atom is 0.276 e. The predicted molar refractivity (Wildman–Crippen MR) is 69.0 cm³/mol. The SMILES string of the molecule is Nc1ccc(-c2nc(Cc3ccncc3)no2)nc1. The Morgan fingerprint density at radius 2 is 1.95 bits per heavy atom. The fourth-order valence-electron chi connectivity index (χ4n) is 1.64. The van der Waals surface area contributed by atoms with Crippen LogP contribution in [0.25, 0.3) is 11.6 Å². The lowest BCUT2D eigenvalue weighted by molar-refractivity contribution is 0.422. The molecule has 0 aromatic carbocycles. The number of nitrogens with zero attached hydrogens (tertiary/aromatic N) is 4. The zero-order valence-electron chi connectivity index (χ0n) is 10.0. The quantitative estimate of drug-likeness (QED) is 0.763. The van der Waals surface area contributed by atoms with Crippen LogP contribution in [0.1, 0.15) is 11.4 Å². The van der Waals surface area contributed by atoms with Gasteiger partial charge < -0.3 is 10.3 Å². The molecule has 0 unspecified atom stereocenters. The average Bonchev–Trinajstić information content (AvgIpc) is 2.89. The number of rotatable bonds is 3. The Morgan fingerprint density at radius 1 is 1.11 bits per heavy atom. The summed E-state index contributed by atoms with van der Waals surface area (Å²) in [5.74, 6) is 1.00. The first-order chi connectivity index (χ1) is 9.31. The summed E-state index contributed by atoms with van der Waals surface area (Å²) in [5.41, 5.74) is 7.86. The summed E-state index contributed by atoms with van der Waals surface area (Å²) >= 11 is 0. The van der Waals surface area contributed by atoms with E-state index >= 15 is 0 Å². The Balaban J connectivity index is 1.82. The molecule has 3 heterocycles. The van der Waals surface area contributed by atoms with Gasteiger partial charge in [-0.1, -0.05) is 5.16 Å². The van der Waals surface area contributed by atoms with Gasteiger partial charge in [0, 0.05) is 18.8 Å². The van der Waals surface area contributed by atoms with E-state index in [0.717, 1.165) is 5.56 Å². The molecule has 3 rings (SSSR count). The van der Waals surface area contributed by atoms with Crippen LogP contribution < -0.4 is 5.73 Å². The highest BCUT2D eigenvalue weighted by Crippen LogP contribution is 2.16. The summed E-state index contributed by atoms with van der Waals surface area (Å²) in [7, 11) is 0. The number of nitrogen functional groups attached to an aromatic ring is 1. The Hall–Kier alpha value is -2.76. The maximum atomic E-state index is 5.58. The fraction of sp³-hybridized carbons (Fsp3) is 0.0769. The Labute approximate surface area is 109 Å². The summed E-state index contributed by atoms with van der Waals surface area (Å²) in [6.45, 7) is 0. The predicted octanol–water partition coefficient (Wildman–Crippen LogP) is 1.70. The van der Waals surface area contributed by atoms with Gasteiger partial charge in [-0.15, -0.1) is 0 Å². The van der Waals surface area contributed by atoms with Crippen molar-refractivity contribution in [3.63, 3.8) is 0 Å². The molecule has 0 saturated heterocycles. The van der Waals surface area contributed by atoms with Crippen LogP contribution in [0.4, 0.5) is 5.69 Å². The standard InChI is InChI=1S/C13H11N5O/c14-10-1-2-11(16-8-10)13-17-12(18-19-13)7-9-3-5-15-6-4-9/h1-6,8H,7,14H2. The summed E-state index contributed by atoms with van der Waals surface area (Å²) in [6, 6.07) is 7.32. The zero-order valence-corrected chi connectivity index (χ0v) is 10.0. The van der Waals surface area contributed by atoms with Crippen molar-refractivity contribution in [2.75, 3.05) is 5.73 Å². The monoisotopic (exact) mass is 253 g/mol. The molecule has 0 atom stereocenters. The Morgan fingerprint density at radius 3 is 2.68 bits per heavy atom. The van der Waals surface area contributed by atoms with E-state index in [1.54, 1.807) is 30.7 Å². The maximum absolute atomic E-state index is 5.58. The highest BCUT2D eigenvalue weighted by Gasteiger charge is 2.10. The van der Waals surface area contributed by atoms with Crippen molar-refractivity contribution in [3.8, 4) is 11.6 Å². The molecule has 0 aliphatic carbocycles. The van der Waals surface area contributed by atoms with Crippen molar-refractivity contribution in [3.05, 3.63) is 54.2 Å². The van der Waals surface area contributed by atoms with Crippen LogP contribution in [0.2, 0.25) is 0 Å². The molecular formula is C13H11N5O. The van der Waals surface area contributed by atoms with E-state index in [9.17, 15) is 0 Å². The largest absolute Gasteiger partial charge is 0.397 e. The number of hydrogen-bond acceptors (Lipinski definition) is 6. The lowest BCUT2D eigenvalue weighted by Crippen LogP contribution is -1.91. The summed E-state index contributed by atoms with van der Waals surface area (Å²) in [5, 5.41) is 3.93. The normalized spacial score (nSPS) is 10.5. The molecule has 0 bridgehead atoms. The molecule has 19 heavy (non-hydrogen) atoms. The summed E-state index contributed by atoms with van der Waals surface area (Å²) in [4.78, 5) is 12.4. The van der Waals surface area contributed by atoms with Gasteiger partial charge in [-0.25, -0.2) is 4.98 Å². The molecule has 0 aliphatic heterocycles. The van der Waals surface area contributed by atoms with E-state index < -0.39 is 0 Å². The number of anilines is 1. The second-order valence-corrected chi connectivity index (χ2v) is 4.02. The first-order valence-electron chi connectivity index (χ1n) is 5.74. The van der Waals surface area contributed by atoms with Crippen molar-refractivity contribution in [1.82, 2.24) is 20.1 Å². The van der Waals surface area contributed by atoms with Gasteiger partial charge in [-0.2, -0.15) is 4.98 Å². The van der Waals surface area contributed by atoms with E-state index in [-0.39, 0.29) is 0 Å². The smallest absolute Gasteiger partial charge is 0.276 e. The molecular weight excluding hydrogens is 242 g/mol. The third-order valence-corrected chi connectivity index (χ3v) is 2.59. The molecule has 0 saturated carbocycles. The van der Waals surface area contributed by atoms with Crippen molar-refractivity contribution < 1.29 is 4.52 Å². The van der Waals surface area contributed by atoms with Gasteiger partial charge in [0.15, 0.2) is 5.82 Å². The van der Waals surface area contributed by atoms with Crippen LogP contribution >= 0.6 is 0 Å². The molecule has 0 aliphatic rings. The average molecular weight is 253 g/mol.